The molecule has 1 aliphatic heterocycles. The molecule has 26 heavy (non-hydrogen) atoms. The molecule has 2 heterocycles. The third kappa shape index (κ3) is 7.76. The van der Waals surface area contributed by atoms with E-state index in [1.807, 2.05) is 7.05 Å². The van der Waals surface area contributed by atoms with Gasteiger partial charge in [-0.05, 0) is 66.7 Å². The maximum Gasteiger partial charge on any atom is 0.193 e. The number of likely N-dealkylation sites (tertiary alicyclic amines) is 1. The maximum atomic E-state index is 4.42. The predicted octanol–water partition coefficient (Wildman–Crippen LogP) is 3.92. The first kappa shape index (κ1) is 23.8. The van der Waals surface area contributed by atoms with Gasteiger partial charge in [0.05, 0.1) is 6.54 Å². The van der Waals surface area contributed by atoms with Crippen LogP contribution in [0.4, 0.5) is 0 Å². The molecule has 2 rings (SSSR count). The molecule has 1 fully saturated rings. The zero-order valence-electron chi connectivity index (χ0n) is 16.7. The number of halogens is 2. The second-order valence-electron chi connectivity index (χ2n) is 7.35. The molecule has 1 saturated heterocycles. The van der Waals surface area contributed by atoms with Gasteiger partial charge in [0, 0.05) is 50.6 Å². The summed E-state index contributed by atoms with van der Waals surface area (Å²) >= 11 is 3.53. The molecule has 0 bridgehead atoms. The van der Waals surface area contributed by atoms with Gasteiger partial charge in [0.25, 0.3) is 0 Å². The fourth-order valence-electron chi connectivity index (χ4n) is 3.58. The lowest BCUT2D eigenvalue weighted by Crippen LogP contribution is -2.39. The van der Waals surface area contributed by atoms with Gasteiger partial charge >= 0.3 is 0 Å². The smallest absolute Gasteiger partial charge is 0.193 e. The summed E-state index contributed by atoms with van der Waals surface area (Å²) in [6, 6.07) is 2.16. The van der Waals surface area contributed by atoms with Crippen LogP contribution in [-0.4, -0.2) is 60.6 Å². The van der Waals surface area contributed by atoms with Crippen LogP contribution in [0.15, 0.2) is 21.7 Å². The van der Waals surface area contributed by atoms with Crippen LogP contribution in [0.3, 0.4) is 0 Å². The molecule has 1 aromatic heterocycles. The SMILES string of the molecule is CN=C(NCCCCN1CCCC(C)C1)N(C)Cc1cc(Br)cn1C.I. The Hall–Kier alpha value is -0.280. The van der Waals surface area contributed by atoms with E-state index >= 15 is 0 Å². The number of hydrogen-bond acceptors (Lipinski definition) is 2. The molecule has 0 aliphatic carbocycles. The Morgan fingerprint density at radius 3 is 2.81 bits per heavy atom. The van der Waals surface area contributed by atoms with Crippen molar-refractivity contribution in [1.82, 2.24) is 19.7 Å². The van der Waals surface area contributed by atoms with Crippen molar-refractivity contribution in [2.24, 2.45) is 18.0 Å². The van der Waals surface area contributed by atoms with Crippen molar-refractivity contribution in [2.45, 2.75) is 39.2 Å². The summed E-state index contributed by atoms with van der Waals surface area (Å²) in [7, 11) is 6.02. The average molecular weight is 540 g/mol. The van der Waals surface area contributed by atoms with Crippen molar-refractivity contribution in [1.29, 1.82) is 0 Å². The minimum atomic E-state index is 0. The van der Waals surface area contributed by atoms with Crippen LogP contribution in [-0.2, 0) is 13.6 Å². The van der Waals surface area contributed by atoms with Gasteiger partial charge in [-0.15, -0.1) is 24.0 Å². The van der Waals surface area contributed by atoms with E-state index in [1.54, 1.807) is 0 Å². The molecule has 1 unspecified atom stereocenters. The molecule has 7 heteroatoms. The molecule has 1 N–H and O–H groups in total. The van der Waals surface area contributed by atoms with Gasteiger partial charge in [-0.25, -0.2) is 0 Å². The molecule has 5 nitrogen and oxygen atoms in total. The number of hydrogen-bond donors (Lipinski definition) is 1. The van der Waals surface area contributed by atoms with Crippen LogP contribution in [0, 0.1) is 5.92 Å². The van der Waals surface area contributed by atoms with Gasteiger partial charge in [-0.2, -0.15) is 0 Å². The van der Waals surface area contributed by atoms with Gasteiger partial charge in [0.15, 0.2) is 5.96 Å². The van der Waals surface area contributed by atoms with Crippen molar-refractivity contribution in [3.8, 4) is 0 Å². The summed E-state index contributed by atoms with van der Waals surface area (Å²) in [5.74, 6) is 1.83. The fraction of sp³-hybridized carbons (Fsp3) is 0.737. The Labute approximate surface area is 184 Å². The second kappa shape index (κ2) is 12.2. The number of rotatable bonds is 7. The lowest BCUT2D eigenvalue weighted by molar-refractivity contribution is 0.181. The molecule has 0 spiro atoms. The van der Waals surface area contributed by atoms with Crippen LogP contribution < -0.4 is 5.32 Å². The van der Waals surface area contributed by atoms with Crippen molar-refractivity contribution >= 4 is 45.9 Å². The van der Waals surface area contributed by atoms with Gasteiger partial charge in [0.2, 0.25) is 0 Å². The Morgan fingerprint density at radius 2 is 2.19 bits per heavy atom. The van der Waals surface area contributed by atoms with E-state index < -0.39 is 0 Å². The van der Waals surface area contributed by atoms with E-state index in [0.717, 1.165) is 29.4 Å². The predicted molar refractivity (Wildman–Crippen MR) is 125 cm³/mol. The number of unbranched alkanes of at least 4 members (excludes halogenated alkanes) is 1. The first-order chi connectivity index (χ1) is 12.0. The second-order valence-corrected chi connectivity index (χ2v) is 8.26. The zero-order chi connectivity index (χ0) is 18.2. The minimum absolute atomic E-state index is 0. The van der Waals surface area contributed by atoms with Gasteiger partial charge in [-0.3, -0.25) is 4.99 Å². The summed E-state index contributed by atoms with van der Waals surface area (Å²) in [5.41, 5.74) is 1.26. The molecule has 0 saturated carbocycles. The number of nitrogens with one attached hydrogen (secondary N) is 1. The number of nitrogens with zero attached hydrogens (tertiary/aromatic N) is 4. The number of aromatic nitrogens is 1. The van der Waals surface area contributed by atoms with E-state index in [2.05, 4.69) is 73.9 Å². The van der Waals surface area contributed by atoms with E-state index in [1.165, 1.54) is 51.0 Å². The number of aliphatic imine (C=N–C) groups is 1. The first-order valence-electron chi connectivity index (χ1n) is 9.44. The van der Waals surface area contributed by atoms with E-state index in [4.69, 9.17) is 0 Å². The molecule has 0 aromatic carbocycles. The molecule has 150 valence electrons. The number of piperidine rings is 1. The lowest BCUT2D eigenvalue weighted by Gasteiger charge is -2.30. The topological polar surface area (TPSA) is 35.8 Å². The molecule has 1 aromatic rings. The third-order valence-electron chi connectivity index (χ3n) is 4.97. The summed E-state index contributed by atoms with van der Waals surface area (Å²) in [6.45, 7) is 8.00. The highest BCUT2D eigenvalue weighted by Crippen LogP contribution is 2.16. The third-order valence-corrected chi connectivity index (χ3v) is 5.41. The highest BCUT2D eigenvalue weighted by molar-refractivity contribution is 14.0. The van der Waals surface area contributed by atoms with Gasteiger partial charge in [0.1, 0.15) is 0 Å². The van der Waals surface area contributed by atoms with Crippen molar-refractivity contribution < 1.29 is 0 Å². The summed E-state index contributed by atoms with van der Waals surface area (Å²) in [4.78, 5) is 9.22. The zero-order valence-corrected chi connectivity index (χ0v) is 20.6. The van der Waals surface area contributed by atoms with Gasteiger partial charge < -0.3 is 19.7 Å². The van der Waals surface area contributed by atoms with Crippen LogP contribution >= 0.6 is 39.9 Å². The van der Waals surface area contributed by atoms with Crippen molar-refractivity contribution in [2.75, 3.05) is 40.3 Å². The molecule has 1 aliphatic rings. The van der Waals surface area contributed by atoms with Crippen LogP contribution in [0.5, 0.6) is 0 Å². The highest BCUT2D eigenvalue weighted by Gasteiger charge is 2.15. The quantitative estimate of drug-likeness (QED) is 0.247. The highest BCUT2D eigenvalue weighted by atomic mass is 127. The molecule has 0 radical (unpaired) electrons. The van der Waals surface area contributed by atoms with Crippen molar-refractivity contribution in [3.05, 3.63) is 22.4 Å². The lowest BCUT2D eigenvalue weighted by atomic mass is 10.0. The van der Waals surface area contributed by atoms with Crippen LogP contribution in [0.2, 0.25) is 0 Å². The van der Waals surface area contributed by atoms with Crippen molar-refractivity contribution in [3.63, 3.8) is 0 Å². The molecular formula is C19H35BrIN5. The Bertz CT molecular complexity index is 560. The number of aryl methyl sites for hydroxylation is 1. The Balaban J connectivity index is 0.00000338. The van der Waals surface area contributed by atoms with Crippen LogP contribution in [0.1, 0.15) is 38.3 Å². The minimum Gasteiger partial charge on any atom is -0.356 e. The Kier molecular flexibility index (Phi) is 11.2. The first-order valence-corrected chi connectivity index (χ1v) is 10.2. The van der Waals surface area contributed by atoms with Crippen LogP contribution in [0.25, 0.3) is 0 Å². The summed E-state index contributed by atoms with van der Waals surface area (Å²) in [6.07, 6.45) is 7.30. The summed E-state index contributed by atoms with van der Waals surface area (Å²) < 4.78 is 3.27. The largest absolute Gasteiger partial charge is 0.356 e. The average Bonchev–Trinajstić information content (AvgIpc) is 2.88. The molecule has 0 amide bonds. The monoisotopic (exact) mass is 539 g/mol. The molecule has 1 atom stereocenters. The van der Waals surface area contributed by atoms with Gasteiger partial charge in [-0.1, -0.05) is 6.92 Å². The molecular weight excluding hydrogens is 505 g/mol. The summed E-state index contributed by atoms with van der Waals surface area (Å²) in [5, 5.41) is 3.50. The van der Waals surface area contributed by atoms with E-state index in [9.17, 15) is 0 Å². The number of guanidine groups is 1. The normalized spacial score (nSPS) is 18.5. The fourth-order valence-corrected chi connectivity index (χ4v) is 4.15. The van der Waals surface area contributed by atoms with E-state index in [-0.39, 0.29) is 24.0 Å². The Morgan fingerprint density at radius 1 is 1.42 bits per heavy atom. The maximum absolute atomic E-state index is 4.42. The van der Waals surface area contributed by atoms with E-state index in [0.29, 0.717) is 0 Å². The standard InChI is InChI=1S/C19H34BrN5.HI/c1-16-8-7-11-25(13-16)10-6-5-9-22-19(21-2)24(4)15-18-12-17(20)14-23(18)3;/h12,14,16H,5-11,13,15H2,1-4H3,(H,21,22);1H.